The van der Waals surface area contributed by atoms with Gasteiger partial charge in [0.1, 0.15) is 0 Å². The van der Waals surface area contributed by atoms with Gasteiger partial charge in [-0.05, 0) is 19.3 Å². The average Bonchev–Trinajstić information content (AvgIpc) is 2.75. The van der Waals surface area contributed by atoms with Gasteiger partial charge in [-0.15, -0.1) is 0 Å². The number of carbonyl (C=O) groups excluding carboxylic acids is 3. The number of hydrogen-bond donors (Lipinski definition) is 0. The average molecular weight is 422 g/mol. The largest absolute Gasteiger partial charge is 0.298 e. The van der Waals surface area contributed by atoms with Crippen LogP contribution in [-0.4, -0.2) is 17.9 Å². The van der Waals surface area contributed by atoms with Gasteiger partial charge in [0.2, 0.25) is 6.29 Å². The fourth-order valence-electron chi connectivity index (χ4n) is 4.15. The number of Topliss-reactive ketones (excluding diaryl/α,β-unsaturated/α-hetero) is 2. The molecule has 0 aromatic heterocycles. The first-order valence-electron chi connectivity index (χ1n) is 13.0. The van der Waals surface area contributed by atoms with Crippen molar-refractivity contribution in [2.45, 2.75) is 149 Å². The summed E-state index contributed by atoms with van der Waals surface area (Å²) in [6.07, 6.45) is 21.3. The molecule has 0 amide bonds. The first-order valence-corrected chi connectivity index (χ1v) is 13.0. The molecule has 0 aliphatic carbocycles. The van der Waals surface area contributed by atoms with E-state index in [0.29, 0.717) is 19.3 Å². The van der Waals surface area contributed by atoms with Gasteiger partial charge in [0, 0.05) is 12.8 Å². The molecule has 0 heterocycles. The van der Waals surface area contributed by atoms with Crippen LogP contribution in [0.15, 0.2) is 0 Å². The van der Waals surface area contributed by atoms with E-state index in [2.05, 4.69) is 20.8 Å². The van der Waals surface area contributed by atoms with Gasteiger partial charge in [-0.2, -0.15) is 0 Å². The molecule has 0 aromatic rings. The maximum atomic E-state index is 13.0. The van der Waals surface area contributed by atoms with Crippen LogP contribution in [0.1, 0.15) is 149 Å². The highest BCUT2D eigenvalue weighted by atomic mass is 16.2. The Bertz CT molecular complexity index is 443. The molecule has 0 rings (SSSR count). The minimum Gasteiger partial charge on any atom is -0.298 e. The summed E-state index contributed by atoms with van der Waals surface area (Å²) in [5.74, 6) is -0.335. The van der Waals surface area contributed by atoms with Gasteiger partial charge in [0.15, 0.2) is 17.0 Å². The molecule has 3 nitrogen and oxygen atoms in total. The predicted molar refractivity (Wildman–Crippen MR) is 128 cm³/mol. The zero-order valence-corrected chi connectivity index (χ0v) is 20.4. The molecule has 1 radical (unpaired) electrons. The minimum atomic E-state index is -1.49. The van der Waals surface area contributed by atoms with Crippen molar-refractivity contribution in [1.29, 1.82) is 0 Å². The molecule has 0 spiro atoms. The van der Waals surface area contributed by atoms with Gasteiger partial charge >= 0.3 is 0 Å². The monoisotopic (exact) mass is 421 g/mol. The second kappa shape index (κ2) is 19.9. The smallest absolute Gasteiger partial charge is 0.220 e. The summed E-state index contributed by atoms with van der Waals surface area (Å²) >= 11 is 0. The van der Waals surface area contributed by atoms with Crippen molar-refractivity contribution >= 4 is 17.9 Å². The van der Waals surface area contributed by atoms with Gasteiger partial charge in [-0.3, -0.25) is 14.4 Å². The van der Waals surface area contributed by atoms with Crippen LogP contribution in [0.4, 0.5) is 0 Å². The molecule has 0 saturated carbocycles. The quantitative estimate of drug-likeness (QED) is 0.124. The number of unbranched alkanes of at least 4 members (excludes halogenated alkanes) is 14. The third-order valence-corrected chi connectivity index (χ3v) is 6.30. The Balaban J connectivity index is 4.77. The fraction of sp³-hybridized carbons (Fsp3) is 0.889. The predicted octanol–water partition coefficient (Wildman–Crippen LogP) is 8.08. The number of rotatable bonds is 23. The summed E-state index contributed by atoms with van der Waals surface area (Å²) < 4.78 is 0. The molecule has 1 atom stereocenters. The molecule has 1 unspecified atom stereocenters. The van der Waals surface area contributed by atoms with Crippen molar-refractivity contribution in [3.8, 4) is 0 Å². The Morgan fingerprint density at radius 2 is 0.867 bits per heavy atom. The van der Waals surface area contributed by atoms with Crippen LogP contribution in [0.2, 0.25) is 0 Å². The van der Waals surface area contributed by atoms with E-state index in [1.807, 2.05) is 6.29 Å². The Labute approximate surface area is 187 Å². The molecular weight excluding hydrogens is 372 g/mol. The van der Waals surface area contributed by atoms with Crippen molar-refractivity contribution in [2.75, 3.05) is 0 Å². The lowest BCUT2D eigenvalue weighted by molar-refractivity contribution is -0.137. The van der Waals surface area contributed by atoms with Crippen LogP contribution < -0.4 is 0 Å². The Hall–Kier alpha value is -0.990. The summed E-state index contributed by atoms with van der Waals surface area (Å²) in [7, 11) is 0. The van der Waals surface area contributed by atoms with E-state index in [0.717, 1.165) is 64.2 Å². The maximum absolute atomic E-state index is 13.0. The van der Waals surface area contributed by atoms with Crippen molar-refractivity contribution in [3.05, 3.63) is 0 Å². The van der Waals surface area contributed by atoms with Crippen LogP contribution in [0.3, 0.4) is 0 Å². The highest BCUT2D eigenvalue weighted by Crippen LogP contribution is 2.31. The van der Waals surface area contributed by atoms with Crippen molar-refractivity contribution in [1.82, 2.24) is 0 Å². The lowest BCUT2D eigenvalue weighted by Gasteiger charge is -2.25. The standard InChI is InChI=1S/C27H49O3/c1-4-7-10-13-16-19-22-26(30)27(24-28,23-20-17-14-11-8-5-2)25(29)21-18-15-12-9-6-3/h4-23H2,1-3H3. The van der Waals surface area contributed by atoms with E-state index in [9.17, 15) is 14.4 Å². The highest BCUT2D eigenvalue weighted by Gasteiger charge is 2.44. The SMILES string of the molecule is CCCCCCCCC(=O)C([C]=O)(CCCCCCCC)C(=O)CCCCCCC. The zero-order valence-electron chi connectivity index (χ0n) is 20.4. The number of carbonyl (C=O) groups is 2. The molecule has 0 aromatic carbocycles. The summed E-state index contributed by atoms with van der Waals surface area (Å²) in [6, 6.07) is 0. The molecule has 0 N–H and O–H groups in total. The van der Waals surface area contributed by atoms with E-state index < -0.39 is 5.41 Å². The van der Waals surface area contributed by atoms with Crippen molar-refractivity contribution < 1.29 is 14.4 Å². The summed E-state index contributed by atoms with van der Waals surface area (Å²) in [5.41, 5.74) is -1.49. The van der Waals surface area contributed by atoms with Crippen molar-refractivity contribution in [3.63, 3.8) is 0 Å². The summed E-state index contributed by atoms with van der Waals surface area (Å²) in [5, 5.41) is 0. The van der Waals surface area contributed by atoms with Crippen LogP contribution >= 0.6 is 0 Å². The van der Waals surface area contributed by atoms with Gasteiger partial charge in [-0.1, -0.05) is 117 Å². The van der Waals surface area contributed by atoms with E-state index in [1.54, 1.807) is 0 Å². The molecule has 175 valence electrons. The molecular formula is C27H49O3. The third-order valence-electron chi connectivity index (χ3n) is 6.30. The van der Waals surface area contributed by atoms with E-state index in [4.69, 9.17) is 0 Å². The fourth-order valence-corrected chi connectivity index (χ4v) is 4.15. The first kappa shape index (κ1) is 29.0. The normalized spacial score (nSPS) is 13.2. The van der Waals surface area contributed by atoms with Crippen LogP contribution in [0.5, 0.6) is 0 Å². The lowest BCUT2D eigenvalue weighted by Crippen LogP contribution is -2.41. The molecule has 0 aliphatic heterocycles. The molecule has 30 heavy (non-hydrogen) atoms. The van der Waals surface area contributed by atoms with Crippen LogP contribution in [0.25, 0.3) is 0 Å². The maximum Gasteiger partial charge on any atom is 0.220 e. The van der Waals surface area contributed by atoms with Gasteiger partial charge in [-0.25, -0.2) is 0 Å². The number of ketones is 2. The number of hydrogen-bond acceptors (Lipinski definition) is 3. The third kappa shape index (κ3) is 12.6. The molecule has 0 fully saturated rings. The Morgan fingerprint density at radius 1 is 0.533 bits per heavy atom. The highest BCUT2D eigenvalue weighted by molar-refractivity contribution is 6.18. The molecule has 0 aliphatic rings. The zero-order chi connectivity index (χ0) is 22.5. The minimum absolute atomic E-state index is 0.167. The second-order valence-electron chi connectivity index (χ2n) is 9.05. The molecule has 0 bridgehead atoms. The van der Waals surface area contributed by atoms with E-state index in [1.165, 1.54) is 44.9 Å². The first-order chi connectivity index (χ1) is 14.6. The van der Waals surface area contributed by atoms with Gasteiger partial charge in [0.25, 0.3) is 0 Å². The molecule has 0 saturated heterocycles. The van der Waals surface area contributed by atoms with Crippen LogP contribution in [0, 0.1) is 5.41 Å². The van der Waals surface area contributed by atoms with Crippen LogP contribution in [-0.2, 0) is 14.4 Å². The summed E-state index contributed by atoms with van der Waals surface area (Å²) in [6.45, 7) is 6.54. The Kier molecular flexibility index (Phi) is 19.3. The Morgan fingerprint density at radius 3 is 1.23 bits per heavy atom. The molecule has 3 heteroatoms. The van der Waals surface area contributed by atoms with Gasteiger partial charge in [0.05, 0.1) is 0 Å². The lowest BCUT2D eigenvalue weighted by atomic mass is 9.73. The summed E-state index contributed by atoms with van der Waals surface area (Å²) in [4.78, 5) is 38.1. The van der Waals surface area contributed by atoms with Gasteiger partial charge < -0.3 is 0 Å². The second-order valence-corrected chi connectivity index (χ2v) is 9.05. The van der Waals surface area contributed by atoms with E-state index in [-0.39, 0.29) is 11.6 Å². The van der Waals surface area contributed by atoms with Crippen molar-refractivity contribution in [2.24, 2.45) is 5.41 Å². The van der Waals surface area contributed by atoms with E-state index >= 15 is 0 Å². The topological polar surface area (TPSA) is 51.2 Å².